The number of carbonyl (C=O) groups excluding carboxylic acids is 1. The highest BCUT2D eigenvalue weighted by Gasteiger charge is 2.45. The molecule has 3 unspecified atom stereocenters. The maximum absolute atomic E-state index is 12.0. The Morgan fingerprint density at radius 2 is 1.41 bits per heavy atom. The molecule has 1 aliphatic heterocycles. The number of ketones is 1. The summed E-state index contributed by atoms with van der Waals surface area (Å²) in [7, 11) is 2.69. The predicted molar refractivity (Wildman–Crippen MR) is 125 cm³/mol. The lowest BCUT2D eigenvalue weighted by Crippen LogP contribution is -2.43. The molecular weight excluding hydrogens is 460 g/mol. The summed E-state index contributed by atoms with van der Waals surface area (Å²) < 4.78 is 21.8. The van der Waals surface area contributed by atoms with E-state index < -0.39 is 14.6 Å². The molecule has 2 aliphatic rings. The largest absolute Gasteiger partial charge is 0.508 e. The van der Waals surface area contributed by atoms with E-state index in [1.165, 1.54) is 43.5 Å². The molecule has 34 heavy (non-hydrogen) atoms. The molecule has 2 aromatic carbocycles. The number of phenolic OH excluding ortho intramolecular Hbond substituents is 4. The highest BCUT2D eigenvalue weighted by atomic mass is 28.4. The minimum Gasteiger partial charge on any atom is -0.508 e. The van der Waals surface area contributed by atoms with Crippen LogP contribution in [0, 0.1) is 5.92 Å². The van der Waals surface area contributed by atoms with E-state index in [4.69, 9.17) is 28.2 Å². The zero-order valence-corrected chi connectivity index (χ0v) is 20.6. The number of fused-ring (bicyclic) bond motifs is 1. The van der Waals surface area contributed by atoms with Crippen LogP contribution in [0.15, 0.2) is 36.4 Å². The summed E-state index contributed by atoms with van der Waals surface area (Å²) in [4.78, 5) is 12.0. The fourth-order valence-electron chi connectivity index (χ4n) is 4.26. The van der Waals surface area contributed by atoms with Gasteiger partial charge in [-0.3, -0.25) is 4.79 Å². The zero-order valence-electron chi connectivity index (χ0n) is 19.6. The van der Waals surface area contributed by atoms with Crippen LogP contribution in [-0.2, 0) is 18.0 Å². The van der Waals surface area contributed by atoms with Crippen molar-refractivity contribution in [3.05, 3.63) is 47.5 Å². The van der Waals surface area contributed by atoms with Gasteiger partial charge >= 0.3 is 8.80 Å². The van der Waals surface area contributed by atoms with Crippen LogP contribution in [0.3, 0.4) is 0 Å². The Balaban J connectivity index is 0.000000192. The van der Waals surface area contributed by atoms with Crippen LogP contribution in [0.2, 0.25) is 6.04 Å². The molecule has 4 N–H and O–H groups in total. The summed E-state index contributed by atoms with van der Waals surface area (Å²) >= 11 is 0. The van der Waals surface area contributed by atoms with Gasteiger partial charge in [0.05, 0.1) is 23.3 Å². The van der Waals surface area contributed by atoms with Gasteiger partial charge in [0.15, 0.2) is 5.78 Å². The molecule has 1 saturated heterocycles. The first-order valence-electron chi connectivity index (χ1n) is 11.1. The van der Waals surface area contributed by atoms with Gasteiger partial charge in [0, 0.05) is 39.5 Å². The number of aromatic hydroxyl groups is 4. The first kappa shape index (κ1) is 26.0. The molecule has 4 rings (SSSR count). The Morgan fingerprint density at radius 3 is 1.85 bits per heavy atom. The number of carbonyl (C=O) groups is 1. The third kappa shape index (κ3) is 6.27. The molecule has 1 aliphatic carbocycles. The van der Waals surface area contributed by atoms with Gasteiger partial charge in [-0.15, -0.1) is 0 Å². The first-order valence-corrected chi connectivity index (χ1v) is 13.0. The van der Waals surface area contributed by atoms with Gasteiger partial charge in [-0.1, -0.05) is 0 Å². The van der Waals surface area contributed by atoms with E-state index in [0.29, 0.717) is 12.2 Å². The SMILES string of the molecule is CO[Si](CCC1CCC2OC2C1)(OC)OC.O=C(c1ccc(O)cc1O)c1ccc(O)cc1O. The Labute approximate surface area is 199 Å². The van der Waals surface area contributed by atoms with Gasteiger partial charge in [0.2, 0.25) is 0 Å². The van der Waals surface area contributed by atoms with Crippen molar-refractivity contribution in [3.8, 4) is 23.0 Å². The zero-order chi connectivity index (χ0) is 24.9. The standard InChI is InChI=1S/C13H10O5.C11H22O4Si/c14-7-1-3-9(11(16)5-7)13(18)10-4-2-8(15)6-12(10)17;1-12-16(13-2,14-3)7-6-9-4-5-10-11(8-9)15-10/h1-6,14-17H;9-11H,4-8H2,1-3H3. The second-order valence-corrected chi connectivity index (χ2v) is 11.5. The third-order valence-corrected chi connectivity index (χ3v) is 9.12. The van der Waals surface area contributed by atoms with Crippen molar-refractivity contribution in [3.63, 3.8) is 0 Å². The summed E-state index contributed by atoms with van der Waals surface area (Å²) in [6.07, 6.45) is 6.01. The second-order valence-electron chi connectivity index (χ2n) is 8.46. The van der Waals surface area contributed by atoms with E-state index in [2.05, 4.69) is 0 Å². The topological polar surface area (TPSA) is 138 Å². The predicted octanol–water partition coefficient (Wildman–Crippen LogP) is 3.56. The number of epoxide rings is 1. The number of rotatable bonds is 8. The highest BCUT2D eigenvalue weighted by Crippen LogP contribution is 2.41. The smallest absolute Gasteiger partial charge is 0.500 e. The molecule has 10 heteroatoms. The molecule has 1 heterocycles. The van der Waals surface area contributed by atoms with E-state index in [9.17, 15) is 15.0 Å². The van der Waals surface area contributed by atoms with E-state index >= 15 is 0 Å². The van der Waals surface area contributed by atoms with Crippen LogP contribution in [0.25, 0.3) is 0 Å². The van der Waals surface area contributed by atoms with Crippen LogP contribution >= 0.6 is 0 Å². The van der Waals surface area contributed by atoms with E-state index in [1.54, 1.807) is 21.3 Å². The minimum absolute atomic E-state index is 0.0474. The first-order chi connectivity index (χ1) is 16.2. The number of hydrogen-bond acceptors (Lipinski definition) is 9. The van der Waals surface area contributed by atoms with Gasteiger partial charge in [0.25, 0.3) is 0 Å². The Bertz CT molecular complexity index is 931. The van der Waals surface area contributed by atoms with E-state index in [-0.39, 0.29) is 34.1 Å². The van der Waals surface area contributed by atoms with Crippen LogP contribution in [-0.4, -0.2) is 68.6 Å². The molecule has 0 radical (unpaired) electrons. The molecule has 0 bridgehead atoms. The lowest BCUT2D eigenvalue weighted by Gasteiger charge is -2.27. The summed E-state index contributed by atoms with van der Waals surface area (Å²) in [5.41, 5.74) is -0.0948. The minimum atomic E-state index is -2.35. The maximum Gasteiger partial charge on any atom is 0.500 e. The Kier molecular flexibility index (Phi) is 8.55. The van der Waals surface area contributed by atoms with Crippen molar-refractivity contribution >= 4 is 14.6 Å². The van der Waals surface area contributed by atoms with Crippen LogP contribution < -0.4 is 0 Å². The lowest BCUT2D eigenvalue weighted by atomic mass is 9.88. The quantitative estimate of drug-likeness (QED) is 0.247. The molecule has 2 fully saturated rings. The van der Waals surface area contributed by atoms with Crippen LogP contribution in [0.4, 0.5) is 0 Å². The van der Waals surface area contributed by atoms with Crippen molar-refractivity contribution in [1.29, 1.82) is 0 Å². The molecule has 9 nitrogen and oxygen atoms in total. The highest BCUT2D eigenvalue weighted by molar-refractivity contribution is 6.60. The molecule has 3 atom stereocenters. The average molecular weight is 493 g/mol. The number of phenols is 4. The van der Waals surface area contributed by atoms with Crippen molar-refractivity contribution in [2.24, 2.45) is 5.92 Å². The maximum atomic E-state index is 12.0. The van der Waals surface area contributed by atoms with Crippen LogP contribution in [0.5, 0.6) is 23.0 Å². The van der Waals surface area contributed by atoms with Crippen molar-refractivity contribution in [1.82, 2.24) is 0 Å². The van der Waals surface area contributed by atoms with Crippen molar-refractivity contribution in [2.45, 2.75) is 43.9 Å². The van der Waals surface area contributed by atoms with Crippen LogP contribution in [0.1, 0.15) is 41.6 Å². The molecular formula is C24H32O9Si. The molecule has 186 valence electrons. The molecule has 0 spiro atoms. The van der Waals surface area contributed by atoms with Crippen molar-refractivity contribution in [2.75, 3.05) is 21.3 Å². The van der Waals surface area contributed by atoms with E-state index in [0.717, 1.165) is 30.5 Å². The third-order valence-electron chi connectivity index (χ3n) is 6.36. The second kappa shape index (κ2) is 11.2. The fraction of sp³-hybridized carbons (Fsp3) is 0.458. The summed E-state index contributed by atoms with van der Waals surface area (Å²) in [5, 5.41) is 37.4. The lowest BCUT2D eigenvalue weighted by molar-refractivity contribution is 0.103. The Morgan fingerprint density at radius 1 is 0.882 bits per heavy atom. The van der Waals surface area contributed by atoms with Gasteiger partial charge in [-0.2, -0.15) is 0 Å². The fourth-order valence-corrected chi connectivity index (χ4v) is 6.13. The summed E-state index contributed by atoms with van der Waals surface area (Å²) in [6, 6.07) is 7.99. The number of hydrogen-bond donors (Lipinski definition) is 4. The molecule has 0 amide bonds. The number of ether oxygens (including phenoxy) is 1. The molecule has 1 saturated carbocycles. The van der Waals surface area contributed by atoms with Gasteiger partial charge in [-0.25, -0.2) is 0 Å². The van der Waals surface area contributed by atoms with E-state index in [1.807, 2.05) is 0 Å². The Hall–Kier alpha value is -2.63. The van der Waals surface area contributed by atoms with Gasteiger partial charge in [-0.05, 0) is 55.9 Å². The van der Waals surface area contributed by atoms with Crippen molar-refractivity contribution < 1.29 is 43.2 Å². The van der Waals surface area contributed by atoms with Gasteiger partial charge in [0.1, 0.15) is 23.0 Å². The summed E-state index contributed by atoms with van der Waals surface area (Å²) in [6.45, 7) is 0. The number of benzene rings is 2. The molecule has 2 aromatic rings. The molecule has 0 aromatic heterocycles. The summed E-state index contributed by atoms with van der Waals surface area (Å²) in [5.74, 6) is -0.945. The normalized spacial score (nSPS) is 21.2. The van der Waals surface area contributed by atoms with Gasteiger partial charge < -0.3 is 38.4 Å². The monoisotopic (exact) mass is 492 g/mol. The average Bonchev–Trinajstić information content (AvgIpc) is 3.59.